The Hall–Kier alpha value is -2.47. The van der Waals surface area contributed by atoms with Crippen LogP contribution in [0.15, 0.2) is 36.0 Å². The van der Waals surface area contributed by atoms with E-state index in [9.17, 15) is 4.79 Å². The quantitative estimate of drug-likeness (QED) is 0.727. The van der Waals surface area contributed by atoms with Gasteiger partial charge in [0.1, 0.15) is 11.2 Å². The van der Waals surface area contributed by atoms with Crippen molar-refractivity contribution in [3.8, 4) is 17.0 Å². The molecule has 1 N–H and O–H groups in total. The van der Waals surface area contributed by atoms with E-state index < -0.39 is 0 Å². The number of ether oxygens (including phenoxy) is 1. The molecule has 0 spiro atoms. The van der Waals surface area contributed by atoms with Crippen LogP contribution < -0.4 is 10.1 Å². The highest BCUT2D eigenvalue weighted by Crippen LogP contribution is 2.37. The molecule has 0 unspecified atom stereocenters. The van der Waals surface area contributed by atoms with E-state index in [1.165, 1.54) is 11.9 Å². The van der Waals surface area contributed by atoms with Crippen LogP contribution in [0.2, 0.25) is 0 Å². The van der Waals surface area contributed by atoms with Crippen LogP contribution in [0.25, 0.3) is 21.3 Å². The number of fused-ring (bicyclic) bond motifs is 1. The van der Waals surface area contributed by atoms with Gasteiger partial charge in [0.2, 0.25) is 5.88 Å². The Labute approximate surface area is 151 Å². The van der Waals surface area contributed by atoms with Crippen LogP contribution in [0.1, 0.15) is 25.8 Å². The average Bonchev–Trinajstić information content (AvgIpc) is 3.05. The van der Waals surface area contributed by atoms with Crippen molar-refractivity contribution in [2.45, 2.75) is 33.2 Å². The first-order chi connectivity index (χ1) is 12.1. The van der Waals surface area contributed by atoms with Gasteiger partial charge in [-0.1, -0.05) is 36.8 Å². The number of hydrogen-bond acceptors (Lipinski definition) is 5. The van der Waals surface area contributed by atoms with Crippen molar-refractivity contribution >= 4 is 27.5 Å². The fourth-order valence-corrected chi connectivity index (χ4v) is 3.36. The molecule has 0 aliphatic carbocycles. The number of nitrogens with one attached hydrogen (secondary N) is 1. The van der Waals surface area contributed by atoms with Crippen molar-refractivity contribution in [2.75, 3.05) is 6.61 Å². The topological polar surface area (TPSA) is 64.1 Å². The molecule has 0 aliphatic rings. The van der Waals surface area contributed by atoms with Crippen LogP contribution >= 0.6 is 11.3 Å². The highest BCUT2D eigenvalue weighted by molar-refractivity contribution is 7.17. The lowest BCUT2D eigenvalue weighted by Crippen LogP contribution is -2.35. The summed E-state index contributed by atoms with van der Waals surface area (Å²) in [5.74, 6) is 0.300. The maximum atomic E-state index is 12.0. The molecule has 1 atom stereocenters. The average molecular weight is 355 g/mol. The SMILES string of the molecule is CC[C@H](C)NC(=O)COc1ncnc2scc(-c3ccc(C)cc3)c12. The number of carbonyl (C=O) groups is 1. The molecule has 3 aromatic rings. The van der Waals surface area contributed by atoms with Gasteiger partial charge in [0.05, 0.1) is 5.39 Å². The standard InChI is InChI=1S/C19H21N3O2S/c1-4-13(3)22-16(23)9-24-18-17-15(10-25-19(17)21-11-20-18)14-7-5-12(2)6-8-14/h5-8,10-11,13H,4,9H2,1-3H3,(H,22,23)/t13-/m0/s1. The van der Waals surface area contributed by atoms with Crippen LogP contribution in [0.3, 0.4) is 0 Å². The van der Waals surface area contributed by atoms with Crippen LogP contribution in [-0.4, -0.2) is 28.5 Å². The second-order valence-electron chi connectivity index (χ2n) is 6.04. The summed E-state index contributed by atoms with van der Waals surface area (Å²) in [6.45, 7) is 6.00. The van der Waals surface area contributed by atoms with Crippen molar-refractivity contribution in [1.29, 1.82) is 0 Å². The lowest BCUT2D eigenvalue weighted by atomic mass is 10.0. The largest absolute Gasteiger partial charge is 0.467 e. The van der Waals surface area contributed by atoms with Gasteiger partial charge < -0.3 is 10.1 Å². The van der Waals surface area contributed by atoms with E-state index in [0.29, 0.717) is 5.88 Å². The minimum atomic E-state index is -0.145. The van der Waals surface area contributed by atoms with Gasteiger partial charge in [-0.05, 0) is 25.8 Å². The first-order valence-electron chi connectivity index (χ1n) is 8.30. The number of thiophene rings is 1. The van der Waals surface area contributed by atoms with Gasteiger partial charge >= 0.3 is 0 Å². The molecule has 0 saturated heterocycles. The van der Waals surface area contributed by atoms with E-state index in [1.54, 1.807) is 11.3 Å². The van der Waals surface area contributed by atoms with E-state index in [-0.39, 0.29) is 18.6 Å². The summed E-state index contributed by atoms with van der Waals surface area (Å²) in [5.41, 5.74) is 3.32. The summed E-state index contributed by atoms with van der Waals surface area (Å²) in [4.78, 5) is 21.4. The van der Waals surface area contributed by atoms with Gasteiger partial charge in [-0.3, -0.25) is 4.79 Å². The molecular weight excluding hydrogens is 334 g/mol. The lowest BCUT2D eigenvalue weighted by Gasteiger charge is -2.12. The Bertz CT molecular complexity index is 874. The zero-order valence-electron chi connectivity index (χ0n) is 14.6. The highest BCUT2D eigenvalue weighted by Gasteiger charge is 2.15. The molecule has 25 heavy (non-hydrogen) atoms. The van der Waals surface area contributed by atoms with E-state index >= 15 is 0 Å². The zero-order chi connectivity index (χ0) is 17.8. The molecule has 130 valence electrons. The summed E-state index contributed by atoms with van der Waals surface area (Å²) in [5, 5.41) is 5.80. The number of benzene rings is 1. The summed E-state index contributed by atoms with van der Waals surface area (Å²) in [6.07, 6.45) is 2.35. The van der Waals surface area contributed by atoms with Crippen molar-refractivity contribution in [2.24, 2.45) is 0 Å². The summed E-state index contributed by atoms with van der Waals surface area (Å²) in [6, 6.07) is 8.42. The third-order valence-electron chi connectivity index (χ3n) is 4.06. The van der Waals surface area contributed by atoms with Crippen molar-refractivity contribution < 1.29 is 9.53 Å². The normalized spacial score (nSPS) is 12.1. The van der Waals surface area contributed by atoms with Gasteiger partial charge in [0.15, 0.2) is 6.61 Å². The van der Waals surface area contributed by atoms with Crippen LogP contribution in [-0.2, 0) is 4.79 Å². The Morgan fingerprint density at radius 3 is 2.76 bits per heavy atom. The Balaban J connectivity index is 1.87. The first-order valence-corrected chi connectivity index (χ1v) is 9.17. The summed E-state index contributed by atoms with van der Waals surface area (Å²) >= 11 is 1.54. The zero-order valence-corrected chi connectivity index (χ0v) is 15.4. The molecule has 1 aromatic carbocycles. The Morgan fingerprint density at radius 2 is 2.04 bits per heavy atom. The van der Waals surface area contributed by atoms with E-state index in [1.807, 2.05) is 13.8 Å². The van der Waals surface area contributed by atoms with Gasteiger partial charge in [0.25, 0.3) is 5.91 Å². The van der Waals surface area contributed by atoms with Gasteiger partial charge in [-0.25, -0.2) is 9.97 Å². The molecule has 1 amide bonds. The van der Waals surface area contributed by atoms with Crippen LogP contribution in [0.5, 0.6) is 5.88 Å². The van der Waals surface area contributed by atoms with Crippen molar-refractivity contribution in [1.82, 2.24) is 15.3 Å². The number of carbonyl (C=O) groups excluding carboxylic acids is 1. The molecule has 0 fully saturated rings. The molecule has 0 aliphatic heterocycles. The number of hydrogen-bond donors (Lipinski definition) is 1. The fraction of sp³-hybridized carbons (Fsp3) is 0.316. The number of aryl methyl sites for hydroxylation is 1. The summed E-state index contributed by atoms with van der Waals surface area (Å²) in [7, 11) is 0. The van der Waals surface area contributed by atoms with Crippen molar-refractivity contribution in [3.05, 3.63) is 41.5 Å². The predicted molar refractivity (Wildman–Crippen MR) is 101 cm³/mol. The molecule has 0 saturated carbocycles. The Kier molecular flexibility index (Phi) is 5.28. The maximum absolute atomic E-state index is 12.0. The molecular formula is C19H21N3O2S. The second kappa shape index (κ2) is 7.61. The van der Waals surface area contributed by atoms with E-state index in [4.69, 9.17) is 4.74 Å². The minimum absolute atomic E-state index is 0.0559. The van der Waals surface area contributed by atoms with Gasteiger partial charge in [-0.2, -0.15) is 0 Å². The smallest absolute Gasteiger partial charge is 0.258 e. The monoisotopic (exact) mass is 355 g/mol. The minimum Gasteiger partial charge on any atom is -0.467 e. The Morgan fingerprint density at radius 1 is 1.28 bits per heavy atom. The number of nitrogens with zero attached hydrogens (tertiary/aromatic N) is 2. The van der Waals surface area contributed by atoms with E-state index in [0.717, 1.165) is 27.8 Å². The molecule has 0 bridgehead atoms. The van der Waals surface area contributed by atoms with Gasteiger partial charge in [0, 0.05) is 17.0 Å². The molecule has 3 rings (SSSR count). The molecule has 5 nitrogen and oxygen atoms in total. The third-order valence-corrected chi connectivity index (χ3v) is 4.94. The molecule has 2 aromatic heterocycles. The molecule has 0 radical (unpaired) electrons. The van der Waals surface area contributed by atoms with E-state index in [2.05, 4.69) is 51.9 Å². The summed E-state index contributed by atoms with van der Waals surface area (Å²) < 4.78 is 5.71. The fourth-order valence-electron chi connectivity index (χ4n) is 2.46. The lowest BCUT2D eigenvalue weighted by molar-refractivity contribution is -0.123. The number of aromatic nitrogens is 2. The molecule has 6 heteroatoms. The van der Waals surface area contributed by atoms with Gasteiger partial charge in [-0.15, -0.1) is 11.3 Å². The van der Waals surface area contributed by atoms with Crippen LogP contribution in [0.4, 0.5) is 0 Å². The van der Waals surface area contributed by atoms with Crippen molar-refractivity contribution in [3.63, 3.8) is 0 Å². The number of amides is 1. The molecule has 2 heterocycles. The highest BCUT2D eigenvalue weighted by atomic mass is 32.1. The third kappa shape index (κ3) is 3.96. The predicted octanol–water partition coefficient (Wildman–Crippen LogP) is 3.96. The maximum Gasteiger partial charge on any atom is 0.258 e. The second-order valence-corrected chi connectivity index (χ2v) is 6.90. The first kappa shape index (κ1) is 17.4. The van der Waals surface area contributed by atoms with Crippen LogP contribution in [0, 0.1) is 6.92 Å². The number of rotatable bonds is 6.